The molecule has 3 amide bonds. The lowest BCUT2D eigenvalue weighted by Crippen LogP contribution is -2.50. The standard InChI is InChI=1S/C15H24N2O6/c1-9(2)12(16(6)14(21)22-15(3,4)5)13(20)23-17-10(18)7-8-11(17)19/h9,12H,7-8H2,1-6H3/t12-/m0/s1. The Balaban J connectivity index is 2.84. The number of ether oxygens (including phenoxy) is 1. The van der Waals surface area contributed by atoms with Crippen LogP contribution >= 0.6 is 0 Å². The van der Waals surface area contributed by atoms with Crippen LogP contribution in [0.2, 0.25) is 0 Å². The van der Waals surface area contributed by atoms with Gasteiger partial charge in [-0.2, -0.15) is 0 Å². The van der Waals surface area contributed by atoms with Gasteiger partial charge in [0.15, 0.2) is 0 Å². The van der Waals surface area contributed by atoms with Gasteiger partial charge >= 0.3 is 12.1 Å². The molecule has 0 aromatic carbocycles. The Kier molecular flexibility index (Phi) is 5.74. The fraction of sp³-hybridized carbons (Fsp3) is 0.733. The average Bonchev–Trinajstić information content (AvgIpc) is 2.68. The van der Waals surface area contributed by atoms with Gasteiger partial charge in [0.05, 0.1) is 0 Å². The summed E-state index contributed by atoms with van der Waals surface area (Å²) in [7, 11) is 1.41. The van der Waals surface area contributed by atoms with Crippen LogP contribution in [0.3, 0.4) is 0 Å². The predicted molar refractivity (Wildman–Crippen MR) is 79.8 cm³/mol. The van der Waals surface area contributed by atoms with E-state index in [1.165, 1.54) is 7.05 Å². The number of carbonyl (C=O) groups excluding carboxylic acids is 4. The average molecular weight is 328 g/mol. The van der Waals surface area contributed by atoms with E-state index in [0.717, 1.165) is 4.90 Å². The number of hydroxylamine groups is 2. The summed E-state index contributed by atoms with van der Waals surface area (Å²) >= 11 is 0. The molecule has 0 unspecified atom stereocenters. The van der Waals surface area contributed by atoms with Crippen LogP contribution in [0.15, 0.2) is 0 Å². The van der Waals surface area contributed by atoms with Crippen LogP contribution in [-0.4, -0.2) is 52.5 Å². The molecular formula is C15H24N2O6. The van der Waals surface area contributed by atoms with Crippen LogP contribution in [0.25, 0.3) is 0 Å². The van der Waals surface area contributed by atoms with E-state index in [1.54, 1.807) is 34.6 Å². The zero-order valence-electron chi connectivity index (χ0n) is 14.4. The maximum Gasteiger partial charge on any atom is 0.410 e. The monoisotopic (exact) mass is 328 g/mol. The van der Waals surface area contributed by atoms with Gasteiger partial charge in [0, 0.05) is 19.9 Å². The van der Waals surface area contributed by atoms with E-state index >= 15 is 0 Å². The first-order chi connectivity index (χ1) is 10.4. The quantitative estimate of drug-likeness (QED) is 0.726. The van der Waals surface area contributed by atoms with Gasteiger partial charge in [0.1, 0.15) is 11.6 Å². The number of hydrogen-bond acceptors (Lipinski definition) is 6. The van der Waals surface area contributed by atoms with Gasteiger partial charge in [-0.25, -0.2) is 9.59 Å². The molecule has 1 heterocycles. The van der Waals surface area contributed by atoms with E-state index in [0.29, 0.717) is 5.06 Å². The molecule has 1 rings (SSSR count). The van der Waals surface area contributed by atoms with Gasteiger partial charge in [0.25, 0.3) is 11.8 Å². The molecule has 0 aliphatic carbocycles. The fourth-order valence-electron chi connectivity index (χ4n) is 2.13. The van der Waals surface area contributed by atoms with Crippen LogP contribution in [0.4, 0.5) is 4.79 Å². The smallest absolute Gasteiger partial charge is 0.410 e. The first-order valence-corrected chi connectivity index (χ1v) is 7.47. The molecule has 8 heteroatoms. The number of nitrogens with zero attached hydrogens (tertiary/aromatic N) is 2. The molecular weight excluding hydrogens is 304 g/mol. The second-order valence-corrected chi connectivity index (χ2v) is 6.77. The lowest BCUT2D eigenvalue weighted by atomic mass is 10.0. The first kappa shape index (κ1) is 18.9. The number of amides is 3. The van der Waals surface area contributed by atoms with Crippen molar-refractivity contribution in [3.63, 3.8) is 0 Å². The van der Waals surface area contributed by atoms with Gasteiger partial charge in [-0.1, -0.05) is 13.8 Å². The molecule has 0 spiro atoms. The Labute approximate surface area is 135 Å². The Morgan fingerprint density at radius 2 is 1.61 bits per heavy atom. The Bertz CT molecular complexity index is 493. The number of carbonyl (C=O) groups is 4. The van der Waals surface area contributed by atoms with Crippen molar-refractivity contribution in [2.75, 3.05) is 7.05 Å². The van der Waals surface area contributed by atoms with Gasteiger partial charge in [0.2, 0.25) is 0 Å². The van der Waals surface area contributed by atoms with Crippen molar-refractivity contribution in [3.8, 4) is 0 Å². The number of hydrogen-bond donors (Lipinski definition) is 0. The third kappa shape index (κ3) is 4.94. The van der Waals surface area contributed by atoms with E-state index in [4.69, 9.17) is 9.57 Å². The van der Waals surface area contributed by atoms with Crippen molar-refractivity contribution in [3.05, 3.63) is 0 Å². The maximum atomic E-state index is 12.3. The summed E-state index contributed by atoms with van der Waals surface area (Å²) in [5.41, 5.74) is -0.711. The highest BCUT2D eigenvalue weighted by Gasteiger charge is 2.39. The minimum atomic E-state index is -0.981. The summed E-state index contributed by atoms with van der Waals surface area (Å²) in [5, 5.41) is 0.473. The van der Waals surface area contributed by atoms with Crippen LogP contribution in [0.5, 0.6) is 0 Å². The van der Waals surface area contributed by atoms with E-state index < -0.39 is 35.5 Å². The summed E-state index contributed by atoms with van der Waals surface area (Å²) in [4.78, 5) is 53.5. The molecule has 0 radical (unpaired) electrons. The van der Waals surface area contributed by atoms with Crippen molar-refractivity contribution in [2.45, 2.75) is 59.1 Å². The highest BCUT2D eigenvalue weighted by Crippen LogP contribution is 2.19. The molecule has 1 atom stereocenters. The fourth-order valence-corrected chi connectivity index (χ4v) is 2.13. The van der Waals surface area contributed by atoms with Crippen molar-refractivity contribution >= 4 is 23.9 Å². The summed E-state index contributed by atoms with van der Waals surface area (Å²) < 4.78 is 5.22. The van der Waals surface area contributed by atoms with Crippen LogP contribution in [-0.2, 0) is 24.0 Å². The Hall–Kier alpha value is -2.12. The van der Waals surface area contributed by atoms with Crippen molar-refractivity contribution in [1.29, 1.82) is 0 Å². The second kappa shape index (κ2) is 6.97. The SMILES string of the molecule is CC(C)[C@@H](C(=O)ON1C(=O)CCC1=O)N(C)C(=O)OC(C)(C)C. The molecule has 130 valence electrons. The molecule has 1 fully saturated rings. The maximum absolute atomic E-state index is 12.3. The third-order valence-electron chi connectivity index (χ3n) is 3.16. The largest absolute Gasteiger partial charge is 0.444 e. The normalized spacial score (nSPS) is 16.6. The van der Waals surface area contributed by atoms with Crippen molar-refractivity contribution in [2.24, 2.45) is 5.92 Å². The summed E-state index contributed by atoms with van der Waals surface area (Å²) in [6, 6.07) is -0.981. The van der Waals surface area contributed by atoms with Crippen LogP contribution in [0, 0.1) is 5.92 Å². The molecule has 1 aliphatic heterocycles. The number of likely N-dealkylation sites (N-methyl/N-ethyl adjacent to an activating group) is 1. The summed E-state index contributed by atoms with van der Waals surface area (Å²) in [6.45, 7) is 8.58. The second-order valence-electron chi connectivity index (χ2n) is 6.77. The van der Waals surface area contributed by atoms with Crippen LogP contribution < -0.4 is 0 Å². The molecule has 0 saturated carbocycles. The van der Waals surface area contributed by atoms with Crippen molar-refractivity contribution in [1.82, 2.24) is 9.96 Å². The molecule has 8 nitrogen and oxygen atoms in total. The Morgan fingerprint density at radius 1 is 1.13 bits per heavy atom. The molecule has 0 aromatic heterocycles. The highest BCUT2D eigenvalue weighted by atomic mass is 16.7. The lowest BCUT2D eigenvalue weighted by Gasteiger charge is -2.31. The lowest BCUT2D eigenvalue weighted by molar-refractivity contribution is -0.201. The summed E-state index contributed by atoms with van der Waals surface area (Å²) in [5.74, 6) is -2.28. The molecule has 0 N–H and O–H groups in total. The Morgan fingerprint density at radius 3 is 2.00 bits per heavy atom. The number of rotatable bonds is 4. The van der Waals surface area contributed by atoms with E-state index in [9.17, 15) is 19.2 Å². The van der Waals surface area contributed by atoms with Crippen molar-refractivity contribution < 1.29 is 28.8 Å². The van der Waals surface area contributed by atoms with Gasteiger partial charge in [-0.15, -0.1) is 5.06 Å². The van der Waals surface area contributed by atoms with Gasteiger partial charge in [-0.3, -0.25) is 14.5 Å². The molecule has 1 aliphatic rings. The topological polar surface area (TPSA) is 93.2 Å². The minimum absolute atomic E-state index is 0.0142. The number of imide groups is 1. The molecule has 1 saturated heterocycles. The summed E-state index contributed by atoms with van der Waals surface area (Å²) in [6.07, 6.45) is -0.659. The molecule has 0 aromatic rings. The minimum Gasteiger partial charge on any atom is -0.444 e. The molecule has 0 bridgehead atoms. The first-order valence-electron chi connectivity index (χ1n) is 7.47. The van der Waals surface area contributed by atoms with E-state index in [1.807, 2.05) is 0 Å². The van der Waals surface area contributed by atoms with E-state index in [2.05, 4.69) is 0 Å². The zero-order valence-corrected chi connectivity index (χ0v) is 14.4. The van der Waals surface area contributed by atoms with Gasteiger partial charge in [-0.05, 0) is 26.7 Å². The third-order valence-corrected chi connectivity index (χ3v) is 3.16. The van der Waals surface area contributed by atoms with Gasteiger partial charge < -0.3 is 9.57 Å². The molecule has 23 heavy (non-hydrogen) atoms. The van der Waals surface area contributed by atoms with Crippen LogP contribution in [0.1, 0.15) is 47.5 Å². The van der Waals surface area contributed by atoms with E-state index in [-0.39, 0.29) is 18.8 Å². The predicted octanol–water partition coefficient (Wildman–Crippen LogP) is 1.49. The highest BCUT2D eigenvalue weighted by molar-refractivity contribution is 6.01. The zero-order chi connectivity index (χ0) is 17.9.